The zero-order valence-corrected chi connectivity index (χ0v) is 19.6. The van der Waals surface area contributed by atoms with Gasteiger partial charge < -0.3 is 14.5 Å². The highest BCUT2D eigenvalue weighted by molar-refractivity contribution is 7.92. The third kappa shape index (κ3) is 5.23. The molecule has 3 aromatic rings. The molecule has 33 heavy (non-hydrogen) atoms. The molecule has 0 aliphatic carbocycles. The summed E-state index contributed by atoms with van der Waals surface area (Å²) in [6.45, 7) is 2.40. The molecule has 0 spiro atoms. The second-order valence-electron chi connectivity index (χ2n) is 7.59. The second-order valence-corrected chi connectivity index (χ2v) is 9.65. The van der Waals surface area contributed by atoms with Crippen LogP contribution in [0.25, 0.3) is 0 Å². The van der Waals surface area contributed by atoms with Crippen molar-refractivity contribution in [2.75, 3.05) is 42.9 Å². The number of nitrogens with one attached hydrogen (secondary N) is 1. The molecule has 1 amide bonds. The summed E-state index contributed by atoms with van der Waals surface area (Å²) in [5, 5.41) is 0.0549. The minimum absolute atomic E-state index is 0.0549. The van der Waals surface area contributed by atoms with Gasteiger partial charge in [0.05, 0.1) is 12.1 Å². The predicted octanol–water partition coefficient (Wildman–Crippen LogP) is 4.11. The van der Waals surface area contributed by atoms with Gasteiger partial charge in [-0.25, -0.2) is 8.42 Å². The summed E-state index contributed by atoms with van der Waals surface area (Å²) in [6.07, 6.45) is 0. The van der Waals surface area contributed by atoms with Crippen LogP contribution in [-0.4, -0.2) is 52.5 Å². The van der Waals surface area contributed by atoms with E-state index in [9.17, 15) is 13.2 Å². The quantitative estimate of drug-likeness (QED) is 0.568. The number of nitrogens with zero attached hydrogens (tertiary/aromatic N) is 2. The van der Waals surface area contributed by atoms with Crippen molar-refractivity contribution in [1.82, 2.24) is 4.90 Å². The molecule has 4 rings (SSSR count). The summed E-state index contributed by atoms with van der Waals surface area (Å²) in [6, 6.07) is 20.7. The van der Waals surface area contributed by atoms with Crippen molar-refractivity contribution in [1.29, 1.82) is 0 Å². The summed E-state index contributed by atoms with van der Waals surface area (Å²) in [4.78, 5) is 16.9. The van der Waals surface area contributed by atoms with Gasteiger partial charge in [0.1, 0.15) is 10.6 Å². The van der Waals surface area contributed by atoms with Crippen molar-refractivity contribution in [2.45, 2.75) is 4.90 Å². The fraction of sp³-hybridized carbons (Fsp3) is 0.208. The van der Waals surface area contributed by atoms with E-state index in [0.717, 1.165) is 11.4 Å². The van der Waals surface area contributed by atoms with E-state index in [4.69, 9.17) is 16.3 Å². The molecule has 1 saturated heterocycles. The van der Waals surface area contributed by atoms with Crippen LogP contribution in [0.5, 0.6) is 5.75 Å². The van der Waals surface area contributed by atoms with Gasteiger partial charge >= 0.3 is 0 Å². The maximum absolute atomic E-state index is 13.1. The number of rotatable bonds is 6. The number of carbonyl (C=O) groups is 1. The first-order valence-corrected chi connectivity index (χ1v) is 12.3. The van der Waals surface area contributed by atoms with Gasteiger partial charge in [0.2, 0.25) is 0 Å². The van der Waals surface area contributed by atoms with Crippen molar-refractivity contribution in [3.8, 4) is 5.75 Å². The summed E-state index contributed by atoms with van der Waals surface area (Å²) >= 11 is 6.19. The molecule has 0 radical (unpaired) electrons. The number of amides is 1. The Kier molecular flexibility index (Phi) is 6.76. The standard InChI is InChI=1S/C24H24ClN3O4S/c1-32-21-10-8-20(9-11-21)27-13-15-28(16-14-27)24(29)18-7-12-22(25)23(17-18)33(30,31)26-19-5-3-2-4-6-19/h2-12,17,26H,13-16H2,1H3. The molecule has 172 valence electrons. The Hall–Kier alpha value is -3.23. The topological polar surface area (TPSA) is 79.0 Å². The van der Waals surface area contributed by atoms with Crippen LogP contribution in [0.4, 0.5) is 11.4 Å². The summed E-state index contributed by atoms with van der Waals surface area (Å²) in [5.74, 6) is 0.569. The Morgan fingerprint density at radius 2 is 1.61 bits per heavy atom. The fourth-order valence-corrected chi connectivity index (χ4v) is 5.29. The first-order chi connectivity index (χ1) is 15.9. The minimum Gasteiger partial charge on any atom is -0.497 e. The Labute approximate surface area is 198 Å². The van der Waals surface area contributed by atoms with E-state index >= 15 is 0 Å². The molecule has 1 heterocycles. The molecular weight excluding hydrogens is 462 g/mol. The van der Waals surface area contributed by atoms with Crippen molar-refractivity contribution >= 4 is 38.9 Å². The van der Waals surface area contributed by atoms with Crippen molar-refractivity contribution < 1.29 is 17.9 Å². The van der Waals surface area contributed by atoms with Gasteiger partial charge in [-0.05, 0) is 54.6 Å². The molecule has 1 fully saturated rings. The van der Waals surface area contributed by atoms with Gasteiger partial charge in [-0.1, -0.05) is 29.8 Å². The maximum Gasteiger partial charge on any atom is 0.263 e. The Morgan fingerprint density at radius 3 is 2.24 bits per heavy atom. The Bertz CT molecular complexity index is 1230. The molecule has 7 nitrogen and oxygen atoms in total. The van der Waals surface area contributed by atoms with Crippen molar-refractivity contribution in [2.24, 2.45) is 0 Å². The van der Waals surface area contributed by atoms with Gasteiger partial charge in [0.15, 0.2) is 0 Å². The average Bonchev–Trinajstić information content (AvgIpc) is 2.84. The van der Waals surface area contributed by atoms with Crippen LogP contribution in [0.2, 0.25) is 5.02 Å². The number of piperazine rings is 1. The van der Waals surface area contributed by atoms with E-state index in [1.807, 2.05) is 24.3 Å². The number of hydrogen-bond acceptors (Lipinski definition) is 5. The van der Waals surface area contributed by atoms with Gasteiger partial charge in [0.25, 0.3) is 15.9 Å². The molecule has 9 heteroatoms. The molecule has 1 aliphatic rings. The number of carbonyl (C=O) groups excluding carboxylic acids is 1. The third-order valence-electron chi connectivity index (χ3n) is 5.50. The fourth-order valence-electron chi connectivity index (χ4n) is 3.70. The SMILES string of the molecule is COc1ccc(N2CCN(C(=O)c3ccc(Cl)c(S(=O)(=O)Nc4ccccc4)c3)CC2)cc1. The molecule has 0 atom stereocenters. The molecule has 0 unspecified atom stereocenters. The molecule has 0 saturated carbocycles. The number of para-hydroxylation sites is 1. The second kappa shape index (κ2) is 9.72. The van der Waals surface area contributed by atoms with E-state index in [2.05, 4.69) is 9.62 Å². The van der Waals surface area contributed by atoms with E-state index in [-0.39, 0.29) is 21.4 Å². The van der Waals surface area contributed by atoms with Gasteiger partial charge in [0, 0.05) is 43.1 Å². The Balaban J connectivity index is 1.46. The molecule has 0 bridgehead atoms. The van der Waals surface area contributed by atoms with E-state index in [1.54, 1.807) is 48.4 Å². The van der Waals surface area contributed by atoms with Crippen LogP contribution in [0.1, 0.15) is 10.4 Å². The Morgan fingerprint density at radius 1 is 0.939 bits per heavy atom. The van der Waals surface area contributed by atoms with Crippen LogP contribution < -0.4 is 14.4 Å². The lowest BCUT2D eigenvalue weighted by Gasteiger charge is -2.36. The molecule has 3 aromatic carbocycles. The van der Waals surface area contributed by atoms with Crippen LogP contribution in [-0.2, 0) is 10.0 Å². The van der Waals surface area contributed by atoms with Crippen LogP contribution in [0.15, 0.2) is 77.7 Å². The lowest BCUT2D eigenvalue weighted by atomic mass is 10.1. The molecular formula is C24H24ClN3O4S. The third-order valence-corrected chi connectivity index (χ3v) is 7.36. The van der Waals surface area contributed by atoms with E-state index < -0.39 is 10.0 Å². The minimum atomic E-state index is -3.95. The first kappa shape index (κ1) is 22.9. The normalized spacial score (nSPS) is 14.1. The van der Waals surface area contributed by atoms with Gasteiger partial charge in [-0.15, -0.1) is 0 Å². The highest BCUT2D eigenvalue weighted by atomic mass is 35.5. The van der Waals surface area contributed by atoms with Gasteiger partial charge in [-0.3, -0.25) is 9.52 Å². The smallest absolute Gasteiger partial charge is 0.263 e. The van der Waals surface area contributed by atoms with Crippen molar-refractivity contribution in [3.63, 3.8) is 0 Å². The zero-order valence-electron chi connectivity index (χ0n) is 18.1. The van der Waals surface area contributed by atoms with E-state index in [0.29, 0.717) is 31.9 Å². The van der Waals surface area contributed by atoms with Crippen molar-refractivity contribution in [3.05, 3.63) is 83.4 Å². The number of hydrogen-bond donors (Lipinski definition) is 1. The summed E-state index contributed by atoms with van der Waals surface area (Å²) in [7, 11) is -2.32. The first-order valence-electron chi connectivity index (χ1n) is 10.4. The summed E-state index contributed by atoms with van der Waals surface area (Å²) < 4.78 is 33.5. The lowest BCUT2D eigenvalue weighted by molar-refractivity contribution is 0.0746. The number of benzene rings is 3. The highest BCUT2D eigenvalue weighted by Gasteiger charge is 2.25. The highest BCUT2D eigenvalue weighted by Crippen LogP contribution is 2.26. The van der Waals surface area contributed by atoms with Crippen LogP contribution in [0.3, 0.4) is 0 Å². The molecule has 1 aliphatic heterocycles. The molecule has 0 aromatic heterocycles. The van der Waals surface area contributed by atoms with E-state index in [1.165, 1.54) is 12.1 Å². The zero-order chi connectivity index (χ0) is 23.4. The number of anilines is 2. The summed E-state index contributed by atoms with van der Waals surface area (Å²) in [5.41, 5.74) is 1.76. The van der Waals surface area contributed by atoms with Crippen LogP contribution in [0, 0.1) is 0 Å². The average molecular weight is 486 g/mol. The monoisotopic (exact) mass is 485 g/mol. The number of ether oxygens (including phenoxy) is 1. The number of methoxy groups -OCH3 is 1. The van der Waals surface area contributed by atoms with Crippen LogP contribution >= 0.6 is 11.6 Å². The predicted molar refractivity (Wildman–Crippen MR) is 130 cm³/mol. The largest absolute Gasteiger partial charge is 0.497 e. The number of halogens is 1. The maximum atomic E-state index is 13.1. The number of sulfonamides is 1. The van der Waals surface area contributed by atoms with Gasteiger partial charge in [-0.2, -0.15) is 0 Å². The molecule has 1 N–H and O–H groups in total. The lowest BCUT2D eigenvalue weighted by Crippen LogP contribution is -2.48.